The summed E-state index contributed by atoms with van der Waals surface area (Å²) in [6.45, 7) is 0. The zero-order chi connectivity index (χ0) is 17.6. The summed E-state index contributed by atoms with van der Waals surface area (Å²) in [6.07, 6.45) is -4.84. The molecule has 0 saturated heterocycles. The Kier molecular flexibility index (Phi) is 3.36. The maximum absolute atomic E-state index is 13.2. The first-order chi connectivity index (χ1) is 11.2. The number of carbonyl (C=O) groups is 2. The van der Waals surface area contributed by atoms with Crippen LogP contribution >= 0.6 is 0 Å². The van der Waals surface area contributed by atoms with Gasteiger partial charge in [-0.3, -0.25) is 10.1 Å². The van der Waals surface area contributed by atoms with Crippen molar-refractivity contribution in [3.63, 3.8) is 0 Å². The van der Waals surface area contributed by atoms with Crippen LogP contribution in [0.3, 0.4) is 0 Å². The standard InChI is InChI=1S/C15H6F3NO5/c16-15(17,18)12-6-8(19(22)23)2-4-9(12)7-1-3-10-11(5-7)14(21)24-13(10)20/h1-6H. The third-order valence-corrected chi connectivity index (χ3v) is 3.48. The molecule has 0 atom stereocenters. The lowest BCUT2D eigenvalue weighted by Gasteiger charge is -2.13. The molecule has 0 N–H and O–H groups in total. The predicted molar refractivity (Wildman–Crippen MR) is 73.3 cm³/mol. The molecule has 2 aromatic carbocycles. The Balaban J connectivity index is 2.20. The number of hydrogen-bond acceptors (Lipinski definition) is 5. The van der Waals surface area contributed by atoms with Gasteiger partial charge in [-0.15, -0.1) is 0 Å². The third kappa shape index (κ3) is 2.49. The van der Waals surface area contributed by atoms with Crippen molar-refractivity contribution in [1.29, 1.82) is 0 Å². The molecule has 0 saturated carbocycles. The van der Waals surface area contributed by atoms with E-state index in [4.69, 9.17) is 0 Å². The van der Waals surface area contributed by atoms with E-state index < -0.39 is 34.3 Å². The van der Waals surface area contributed by atoms with Gasteiger partial charge in [0.15, 0.2) is 0 Å². The first-order valence-electron chi connectivity index (χ1n) is 6.45. The van der Waals surface area contributed by atoms with Gasteiger partial charge in [-0.05, 0) is 29.3 Å². The largest absolute Gasteiger partial charge is 0.417 e. The quantitative estimate of drug-likeness (QED) is 0.362. The van der Waals surface area contributed by atoms with Crippen LogP contribution in [0.2, 0.25) is 0 Å². The summed E-state index contributed by atoms with van der Waals surface area (Å²) in [6, 6.07) is 5.80. The fourth-order valence-corrected chi connectivity index (χ4v) is 2.38. The van der Waals surface area contributed by atoms with Crippen LogP contribution in [0, 0.1) is 10.1 Å². The Labute approximate surface area is 131 Å². The third-order valence-electron chi connectivity index (χ3n) is 3.48. The van der Waals surface area contributed by atoms with E-state index in [1.54, 1.807) is 0 Å². The van der Waals surface area contributed by atoms with E-state index in [1.807, 2.05) is 0 Å². The van der Waals surface area contributed by atoms with Crippen molar-refractivity contribution >= 4 is 17.6 Å². The van der Waals surface area contributed by atoms with Gasteiger partial charge in [-0.2, -0.15) is 13.2 Å². The van der Waals surface area contributed by atoms with Crippen LogP contribution in [-0.2, 0) is 10.9 Å². The van der Waals surface area contributed by atoms with Gasteiger partial charge in [0.2, 0.25) is 0 Å². The minimum atomic E-state index is -4.84. The second-order valence-corrected chi connectivity index (χ2v) is 4.92. The average molecular weight is 337 g/mol. The predicted octanol–water partition coefficient (Wildman–Crippen LogP) is 3.59. The second kappa shape index (κ2) is 5.15. The maximum atomic E-state index is 13.2. The highest BCUT2D eigenvalue weighted by Gasteiger charge is 2.36. The number of hydrogen-bond donors (Lipinski definition) is 0. The Hall–Kier alpha value is -3.23. The van der Waals surface area contributed by atoms with Gasteiger partial charge in [0.25, 0.3) is 5.69 Å². The van der Waals surface area contributed by atoms with Gasteiger partial charge >= 0.3 is 18.1 Å². The van der Waals surface area contributed by atoms with Crippen molar-refractivity contribution in [2.75, 3.05) is 0 Å². The minimum Gasteiger partial charge on any atom is -0.386 e. The molecule has 122 valence electrons. The van der Waals surface area contributed by atoms with Crippen LogP contribution < -0.4 is 0 Å². The molecule has 1 aliphatic rings. The molecule has 0 aromatic heterocycles. The van der Waals surface area contributed by atoms with Crippen LogP contribution in [0.15, 0.2) is 36.4 Å². The second-order valence-electron chi connectivity index (χ2n) is 4.92. The molecule has 0 radical (unpaired) electrons. The van der Waals surface area contributed by atoms with Crippen LogP contribution in [0.4, 0.5) is 18.9 Å². The topological polar surface area (TPSA) is 86.5 Å². The molecular weight excluding hydrogens is 331 g/mol. The number of halogens is 3. The highest BCUT2D eigenvalue weighted by atomic mass is 19.4. The molecule has 1 heterocycles. The number of nitro groups is 1. The van der Waals surface area contributed by atoms with Crippen molar-refractivity contribution in [3.8, 4) is 11.1 Å². The van der Waals surface area contributed by atoms with Crippen molar-refractivity contribution < 1.29 is 32.4 Å². The average Bonchev–Trinajstić information content (AvgIpc) is 2.80. The lowest BCUT2D eigenvalue weighted by Crippen LogP contribution is -2.08. The highest BCUT2D eigenvalue weighted by Crippen LogP contribution is 2.40. The molecule has 0 fully saturated rings. The Morgan fingerprint density at radius 3 is 2.17 bits per heavy atom. The minimum absolute atomic E-state index is 0.0115. The fourth-order valence-electron chi connectivity index (χ4n) is 2.38. The van der Waals surface area contributed by atoms with Crippen LogP contribution in [-0.4, -0.2) is 16.9 Å². The number of cyclic esters (lactones) is 2. The van der Waals surface area contributed by atoms with E-state index in [1.165, 1.54) is 12.1 Å². The van der Waals surface area contributed by atoms with E-state index in [0.29, 0.717) is 6.07 Å². The number of rotatable bonds is 2. The summed E-state index contributed by atoms with van der Waals surface area (Å²) < 4.78 is 44.0. The smallest absolute Gasteiger partial charge is 0.386 e. The molecule has 9 heteroatoms. The molecule has 6 nitrogen and oxygen atoms in total. The van der Waals surface area contributed by atoms with Gasteiger partial charge in [-0.25, -0.2) is 9.59 Å². The van der Waals surface area contributed by atoms with Crippen molar-refractivity contribution in [1.82, 2.24) is 0 Å². The molecule has 0 bridgehead atoms. The molecular formula is C15H6F3NO5. The first-order valence-corrected chi connectivity index (χ1v) is 6.45. The maximum Gasteiger partial charge on any atom is 0.417 e. The number of esters is 2. The first kappa shape index (κ1) is 15.7. The van der Waals surface area contributed by atoms with Gasteiger partial charge in [0.05, 0.1) is 21.6 Å². The summed E-state index contributed by atoms with van der Waals surface area (Å²) >= 11 is 0. The van der Waals surface area contributed by atoms with E-state index in [9.17, 15) is 32.9 Å². The summed E-state index contributed by atoms with van der Waals surface area (Å²) in [5, 5.41) is 10.7. The van der Waals surface area contributed by atoms with E-state index >= 15 is 0 Å². The van der Waals surface area contributed by atoms with E-state index in [2.05, 4.69) is 4.74 Å². The molecule has 0 amide bonds. The number of alkyl halides is 3. The number of ether oxygens (including phenoxy) is 1. The monoisotopic (exact) mass is 337 g/mol. The normalized spacial score (nSPS) is 13.6. The molecule has 1 aliphatic heterocycles. The van der Waals surface area contributed by atoms with Gasteiger partial charge in [0.1, 0.15) is 0 Å². The Bertz CT molecular complexity index is 904. The number of benzene rings is 2. The van der Waals surface area contributed by atoms with Gasteiger partial charge in [0, 0.05) is 12.1 Å². The lowest BCUT2D eigenvalue weighted by atomic mass is 9.95. The Morgan fingerprint density at radius 2 is 1.54 bits per heavy atom. The molecule has 0 aliphatic carbocycles. The zero-order valence-electron chi connectivity index (χ0n) is 11.6. The summed E-state index contributed by atoms with van der Waals surface area (Å²) in [5.41, 5.74) is -2.47. The lowest BCUT2D eigenvalue weighted by molar-refractivity contribution is -0.385. The molecule has 2 aromatic rings. The molecule has 0 spiro atoms. The van der Waals surface area contributed by atoms with Crippen LogP contribution in [0.5, 0.6) is 0 Å². The SMILES string of the molecule is O=C1OC(=O)c2cc(-c3ccc([N+](=O)[O-])cc3C(F)(F)F)ccc21. The summed E-state index contributed by atoms with van der Waals surface area (Å²) in [7, 11) is 0. The van der Waals surface area contributed by atoms with Crippen LogP contribution in [0.25, 0.3) is 11.1 Å². The number of nitro benzene ring substituents is 1. The number of non-ortho nitro benzene ring substituents is 1. The fraction of sp³-hybridized carbons (Fsp3) is 0.0667. The summed E-state index contributed by atoms with van der Waals surface area (Å²) in [5.74, 6) is -1.83. The number of carbonyl (C=O) groups excluding carboxylic acids is 2. The Morgan fingerprint density at radius 1 is 0.917 bits per heavy atom. The van der Waals surface area contributed by atoms with Gasteiger partial charge in [-0.1, -0.05) is 6.07 Å². The van der Waals surface area contributed by atoms with E-state index in [-0.39, 0.29) is 22.3 Å². The molecule has 0 unspecified atom stereocenters. The molecule has 3 rings (SSSR count). The highest BCUT2D eigenvalue weighted by molar-refractivity contribution is 6.15. The number of nitrogens with zero attached hydrogens (tertiary/aromatic N) is 1. The molecule has 24 heavy (non-hydrogen) atoms. The number of fused-ring (bicyclic) bond motifs is 1. The van der Waals surface area contributed by atoms with Gasteiger partial charge < -0.3 is 4.74 Å². The van der Waals surface area contributed by atoms with E-state index in [0.717, 1.165) is 18.2 Å². The zero-order valence-corrected chi connectivity index (χ0v) is 11.6. The van der Waals surface area contributed by atoms with Crippen molar-refractivity contribution in [2.24, 2.45) is 0 Å². The van der Waals surface area contributed by atoms with Crippen molar-refractivity contribution in [3.05, 3.63) is 63.2 Å². The van der Waals surface area contributed by atoms with Crippen molar-refractivity contribution in [2.45, 2.75) is 6.18 Å². The summed E-state index contributed by atoms with van der Waals surface area (Å²) in [4.78, 5) is 32.7. The van der Waals surface area contributed by atoms with Crippen LogP contribution in [0.1, 0.15) is 26.3 Å².